The second-order valence-electron chi connectivity index (χ2n) is 3.81. The molecular weight excluding hydrogens is 204 g/mol. The summed E-state index contributed by atoms with van der Waals surface area (Å²) in [6, 6.07) is 0. The van der Waals surface area contributed by atoms with Gasteiger partial charge in [-0.05, 0) is 18.9 Å². The molecule has 0 bridgehead atoms. The highest BCUT2D eigenvalue weighted by Gasteiger charge is 2.17. The van der Waals surface area contributed by atoms with Gasteiger partial charge in [0.2, 0.25) is 0 Å². The maximum atomic E-state index is 11.8. The lowest BCUT2D eigenvalue weighted by molar-refractivity contribution is 0.0953. The summed E-state index contributed by atoms with van der Waals surface area (Å²) in [4.78, 5) is 16.0. The predicted molar refractivity (Wildman–Crippen MR) is 63.6 cm³/mol. The molecule has 5 nitrogen and oxygen atoms in total. The van der Waals surface area contributed by atoms with E-state index in [9.17, 15) is 4.79 Å². The zero-order chi connectivity index (χ0) is 11.5. The molecule has 0 unspecified atom stereocenters. The fraction of sp³-hybridized carbons (Fsp3) is 0.455. The van der Waals surface area contributed by atoms with Crippen LogP contribution in [0.15, 0.2) is 11.2 Å². The van der Waals surface area contributed by atoms with Crippen molar-refractivity contribution in [2.24, 2.45) is 4.99 Å². The summed E-state index contributed by atoms with van der Waals surface area (Å²) < 4.78 is 1.85. The smallest absolute Gasteiger partial charge is 0.253 e. The molecule has 0 aliphatic carbocycles. The molecule has 5 heteroatoms. The van der Waals surface area contributed by atoms with E-state index in [4.69, 9.17) is 0 Å². The summed E-state index contributed by atoms with van der Waals surface area (Å²) in [5.74, 6) is -0.0172. The number of nitrogens with zero attached hydrogens (tertiary/aromatic N) is 2. The molecule has 2 N–H and O–H groups in total. The quantitative estimate of drug-likeness (QED) is 0.794. The first-order valence-corrected chi connectivity index (χ1v) is 5.48. The normalized spacial score (nSPS) is 13.1. The Morgan fingerprint density at radius 1 is 1.69 bits per heavy atom. The van der Waals surface area contributed by atoms with Crippen molar-refractivity contribution in [3.05, 3.63) is 23.0 Å². The molecule has 1 aliphatic rings. The first-order valence-electron chi connectivity index (χ1n) is 5.48. The summed E-state index contributed by atoms with van der Waals surface area (Å²) in [7, 11) is 0. The predicted octanol–water partition coefficient (Wildman–Crippen LogP) is 0.870. The van der Waals surface area contributed by atoms with E-state index in [2.05, 4.69) is 15.7 Å². The van der Waals surface area contributed by atoms with Crippen molar-refractivity contribution < 1.29 is 4.79 Å². The van der Waals surface area contributed by atoms with Crippen LogP contribution < -0.4 is 10.7 Å². The highest BCUT2D eigenvalue weighted by molar-refractivity contribution is 5.98. The summed E-state index contributed by atoms with van der Waals surface area (Å²) in [6.07, 6.45) is 4.56. The third-order valence-electron chi connectivity index (χ3n) is 2.63. The molecule has 1 aromatic heterocycles. The van der Waals surface area contributed by atoms with E-state index in [1.807, 2.05) is 24.7 Å². The first kappa shape index (κ1) is 10.7. The zero-order valence-electron chi connectivity index (χ0n) is 9.58. The molecule has 16 heavy (non-hydrogen) atoms. The topological polar surface area (TPSA) is 58.4 Å². The van der Waals surface area contributed by atoms with Gasteiger partial charge >= 0.3 is 0 Å². The Hall–Kier alpha value is -1.78. The Balaban J connectivity index is 2.25. The number of nitrogens with one attached hydrogen (secondary N) is 2. The van der Waals surface area contributed by atoms with Crippen LogP contribution in [-0.4, -0.2) is 30.0 Å². The van der Waals surface area contributed by atoms with E-state index in [1.54, 1.807) is 6.21 Å². The van der Waals surface area contributed by atoms with E-state index in [1.165, 1.54) is 0 Å². The number of aromatic nitrogens is 1. The number of hydrogen-bond acceptors (Lipinski definition) is 3. The van der Waals surface area contributed by atoms with Gasteiger partial charge in [-0.2, -0.15) is 0 Å². The van der Waals surface area contributed by atoms with Gasteiger partial charge in [0.15, 0.2) is 0 Å². The van der Waals surface area contributed by atoms with Crippen molar-refractivity contribution in [3.63, 3.8) is 0 Å². The molecule has 1 aliphatic heterocycles. The van der Waals surface area contributed by atoms with Crippen LogP contribution >= 0.6 is 0 Å². The first-order chi connectivity index (χ1) is 7.74. The van der Waals surface area contributed by atoms with E-state index < -0.39 is 0 Å². The van der Waals surface area contributed by atoms with Gasteiger partial charge < -0.3 is 10.7 Å². The summed E-state index contributed by atoms with van der Waals surface area (Å²) in [6.45, 7) is 5.23. The highest BCUT2D eigenvalue weighted by Crippen LogP contribution is 2.15. The van der Waals surface area contributed by atoms with Crippen LogP contribution in [0.5, 0.6) is 0 Å². The maximum Gasteiger partial charge on any atom is 0.253 e. The molecule has 0 fully saturated rings. The molecule has 0 atom stereocenters. The second kappa shape index (κ2) is 4.38. The maximum absolute atomic E-state index is 11.8. The van der Waals surface area contributed by atoms with Crippen LogP contribution in [0.3, 0.4) is 0 Å². The van der Waals surface area contributed by atoms with Crippen molar-refractivity contribution in [3.8, 4) is 0 Å². The lowest BCUT2D eigenvalue weighted by Gasteiger charge is -2.11. The molecule has 2 heterocycles. The Morgan fingerprint density at radius 3 is 3.19 bits per heavy atom. The molecule has 0 saturated heterocycles. The number of carbonyl (C=O) groups is 1. The lowest BCUT2D eigenvalue weighted by atomic mass is 10.1. The number of hydrogen-bond donors (Lipinski definition) is 2. The Morgan fingerprint density at radius 2 is 2.50 bits per heavy atom. The fourth-order valence-corrected chi connectivity index (χ4v) is 1.72. The van der Waals surface area contributed by atoms with E-state index in [0.29, 0.717) is 18.8 Å². The van der Waals surface area contributed by atoms with Crippen molar-refractivity contribution in [2.45, 2.75) is 20.3 Å². The van der Waals surface area contributed by atoms with Gasteiger partial charge in [-0.1, -0.05) is 6.92 Å². The molecule has 86 valence electrons. The van der Waals surface area contributed by atoms with Gasteiger partial charge in [0.1, 0.15) is 6.67 Å². The molecule has 0 spiro atoms. The summed E-state index contributed by atoms with van der Waals surface area (Å²) >= 11 is 0. The highest BCUT2D eigenvalue weighted by atomic mass is 16.1. The Bertz CT molecular complexity index is 433. The van der Waals surface area contributed by atoms with Gasteiger partial charge in [0.05, 0.1) is 11.3 Å². The van der Waals surface area contributed by atoms with Crippen LogP contribution in [0.4, 0.5) is 0 Å². The van der Waals surface area contributed by atoms with Crippen LogP contribution in [0.1, 0.15) is 35.0 Å². The van der Waals surface area contributed by atoms with Gasteiger partial charge in [-0.3, -0.25) is 14.5 Å². The van der Waals surface area contributed by atoms with E-state index in [-0.39, 0.29) is 5.91 Å². The number of carbonyl (C=O) groups excluding carboxylic acids is 1. The van der Waals surface area contributed by atoms with Crippen molar-refractivity contribution in [1.82, 2.24) is 9.99 Å². The standard InChI is InChI=1S/C11H16N4O/c1-3-4-13-11(16)9-6-15-10(8(9)2)5-12-7-14-15/h5-6,14H,3-4,7H2,1-2H3,(H,13,16). The Labute approximate surface area is 94.5 Å². The third kappa shape index (κ3) is 1.80. The minimum atomic E-state index is -0.0172. The van der Waals surface area contributed by atoms with Crippen molar-refractivity contribution >= 4 is 12.1 Å². The number of amides is 1. The van der Waals surface area contributed by atoms with Crippen LogP contribution in [0, 0.1) is 6.92 Å². The second-order valence-corrected chi connectivity index (χ2v) is 3.81. The molecule has 0 aromatic carbocycles. The average molecular weight is 220 g/mol. The van der Waals surface area contributed by atoms with E-state index in [0.717, 1.165) is 17.7 Å². The average Bonchev–Trinajstić information content (AvgIpc) is 2.64. The summed E-state index contributed by atoms with van der Waals surface area (Å²) in [5.41, 5.74) is 5.70. The summed E-state index contributed by atoms with van der Waals surface area (Å²) in [5, 5.41) is 2.87. The van der Waals surface area contributed by atoms with E-state index >= 15 is 0 Å². The molecule has 0 saturated carbocycles. The van der Waals surface area contributed by atoms with Gasteiger partial charge in [-0.25, -0.2) is 0 Å². The van der Waals surface area contributed by atoms with Gasteiger partial charge in [0.25, 0.3) is 5.91 Å². The van der Waals surface area contributed by atoms with Crippen molar-refractivity contribution in [2.75, 3.05) is 18.6 Å². The lowest BCUT2D eigenvalue weighted by Crippen LogP contribution is -2.24. The third-order valence-corrected chi connectivity index (χ3v) is 2.63. The van der Waals surface area contributed by atoms with Gasteiger partial charge in [-0.15, -0.1) is 0 Å². The SMILES string of the molecule is CCCNC(=O)c1cn2c(c1C)C=NCN2. The molecule has 2 rings (SSSR count). The van der Waals surface area contributed by atoms with Crippen LogP contribution in [0.2, 0.25) is 0 Å². The minimum absolute atomic E-state index is 0.0172. The zero-order valence-corrected chi connectivity index (χ0v) is 9.58. The van der Waals surface area contributed by atoms with Crippen LogP contribution in [0.25, 0.3) is 0 Å². The molecular formula is C11H16N4O. The minimum Gasteiger partial charge on any atom is -0.352 e. The van der Waals surface area contributed by atoms with Crippen molar-refractivity contribution in [1.29, 1.82) is 0 Å². The molecule has 0 radical (unpaired) electrons. The monoisotopic (exact) mass is 220 g/mol. The molecule has 1 amide bonds. The largest absolute Gasteiger partial charge is 0.352 e. The number of fused-ring (bicyclic) bond motifs is 1. The number of rotatable bonds is 3. The van der Waals surface area contributed by atoms with Gasteiger partial charge in [0, 0.05) is 19.0 Å². The Kier molecular flexibility index (Phi) is 2.94. The molecule has 1 aromatic rings. The van der Waals surface area contributed by atoms with Crippen LogP contribution in [-0.2, 0) is 0 Å². The number of aliphatic imine (C=N–C) groups is 1. The fourth-order valence-electron chi connectivity index (χ4n) is 1.72.